The molecule has 0 aromatic carbocycles. The fourth-order valence-corrected chi connectivity index (χ4v) is 0.804. The summed E-state index contributed by atoms with van der Waals surface area (Å²) in [6.07, 6.45) is 0.879. The van der Waals surface area contributed by atoms with Gasteiger partial charge in [-0.2, -0.15) is 0 Å². The molecule has 0 radical (unpaired) electrons. The first-order chi connectivity index (χ1) is 6.24. The minimum Gasteiger partial charge on any atom is -0.465 e. The fraction of sp³-hybridized carbons (Fsp3) is 0.909. The SMILES string of the molecule is CC(N)C(C)C(=O)OCCC(C)(C)C. The van der Waals surface area contributed by atoms with Crippen molar-refractivity contribution in [1.82, 2.24) is 0 Å². The molecular weight excluding hydrogens is 178 g/mol. The van der Waals surface area contributed by atoms with E-state index in [1.54, 1.807) is 6.92 Å². The van der Waals surface area contributed by atoms with Crippen molar-refractivity contribution in [2.45, 2.75) is 47.1 Å². The summed E-state index contributed by atoms with van der Waals surface area (Å²) in [5.41, 5.74) is 5.80. The molecule has 0 rings (SSSR count). The molecular formula is C11H23NO2. The summed E-state index contributed by atoms with van der Waals surface area (Å²) in [5.74, 6) is -0.404. The molecule has 0 aliphatic carbocycles. The summed E-state index contributed by atoms with van der Waals surface area (Å²) >= 11 is 0. The van der Waals surface area contributed by atoms with Gasteiger partial charge < -0.3 is 10.5 Å². The van der Waals surface area contributed by atoms with E-state index in [0.717, 1.165) is 6.42 Å². The van der Waals surface area contributed by atoms with Crippen LogP contribution in [0.4, 0.5) is 0 Å². The number of carbonyl (C=O) groups excluding carboxylic acids is 1. The molecule has 3 heteroatoms. The van der Waals surface area contributed by atoms with Crippen LogP contribution in [-0.2, 0) is 9.53 Å². The minimum atomic E-state index is -0.213. The van der Waals surface area contributed by atoms with Crippen molar-refractivity contribution in [3.8, 4) is 0 Å². The predicted octanol–water partition coefficient (Wildman–Crippen LogP) is 1.95. The molecule has 0 aliphatic rings. The van der Waals surface area contributed by atoms with Crippen LogP contribution in [0.15, 0.2) is 0 Å². The molecule has 0 aromatic rings. The highest BCUT2D eigenvalue weighted by Gasteiger charge is 2.19. The van der Waals surface area contributed by atoms with Gasteiger partial charge in [-0.25, -0.2) is 0 Å². The van der Waals surface area contributed by atoms with Gasteiger partial charge in [0.25, 0.3) is 0 Å². The molecule has 0 heterocycles. The van der Waals surface area contributed by atoms with Crippen LogP contribution in [0.1, 0.15) is 41.0 Å². The predicted molar refractivity (Wildman–Crippen MR) is 57.8 cm³/mol. The van der Waals surface area contributed by atoms with Crippen molar-refractivity contribution in [2.75, 3.05) is 6.61 Å². The van der Waals surface area contributed by atoms with Crippen molar-refractivity contribution in [3.63, 3.8) is 0 Å². The van der Waals surface area contributed by atoms with E-state index in [9.17, 15) is 4.79 Å². The lowest BCUT2D eigenvalue weighted by atomic mass is 9.93. The van der Waals surface area contributed by atoms with Gasteiger partial charge in [-0.1, -0.05) is 27.7 Å². The second-order valence-corrected chi connectivity index (χ2v) is 5.13. The van der Waals surface area contributed by atoms with Crippen LogP contribution >= 0.6 is 0 Å². The van der Waals surface area contributed by atoms with E-state index in [1.165, 1.54) is 0 Å². The zero-order valence-electron chi connectivity index (χ0n) is 9.96. The van der Waals surface area contributed by atoms with Gasteiger partial charge >= 0.3 is 5.97 Å². The van der Waals surface area contributed by atoms with E-state index < -0.39 is 0 Å². The molecule has 2 N–H and O–H groups in total. The quantitative estimate of drug-likeness (QED) is 0.707. The first kappa shape index (κ1) is 13.4. The molecule has 0 fully saturated rings. The second kappa shape index (κ2) is 5.35. The van der Waals surface area contributed by atoms with Crippen LogP contribution in [0.5, 0.6) is 0 Å². The molecule has 0 amide bonds. The second-order valence-electron chi connectivity index (χ2n) is 5.13. The van der Waals surface area contributed by atoms with Gasteiger partial charge in [-0.15, -0.1) is 0 Å². The zero-order chi connectivity index (χ0) is 11.4. The van der Waals surface area contributed by atoms with Crippen LogP contribution in [0, 0.1) is 11.3 Å². The lowest BCUT2D eigenvalue weighted by molar-refractivity contribution is -0.149. The number of ether oxygens (including phenoxy) is 1. The molecule has 0 saturated carbocycles. The lowest BCUT2D eigenvalue weighted by Crippen LogP contribution is -2.32. The largest absolute Gasteiger partial charge is 0.465 e. The Morgan fingerprint density at radius 2 is 1.86 bits per heavy atom. The van der Waals surface area contributed by atoms with Crippen molar-refractivity contribution in [2.24, 2.45) is 17.1 Å². The first-order valence-electron chi connectivity index (χ1n) is 5.16. The molecule has 2 unspecified atom stereocenters. The number of hydrogen-bond acceptors (Lipinski definition) is 3. The first-order valence-corrected chi connectivity index (χ1v) is 5.16. The normalized spacial score (nSPS) is 16.1. The maximum atomic E-state index is 11.4. The van der Waals surface area contributed by atoms with Crippen LogP contribution in [0.25, 0.3) is 0 Å². The summed E-state index contributed by atoms with van der Waals surface area (Å²) in [5, 5.41) is 0. The highest BCUT2D eigenvalue weighted by molar-refractivity contribution is 5.72. The van der Waals surface area contributed by atoms with Gasteiger partial charge in [-0.3, -0.25) is 4.79 Å². The molecule has 2 atom stereocenters. The number of carbonyl (C=O) groups is 1. The third-order valence-electron chi connectivity index (χ3n) is 2.26. The highest BCUT2D eigenvalue weighted by Crippen LogP contribution is 2.18. The number of rotatable bonds is 4. The van der Waals surface area contributed by atoms with Crippen LogP contribution in [-0.4, -0.2) is 18.6 Å². The van der Waals surface area contributed by atoms with Crippen LogP contribution < -0.4 is 5.73 Å². The summed E-state index contributed by atoms with van der Waals surface area (Å²) in [6, 6.07) is -0.142. The summed E-state index contributed by atoms with van der Waals surface area (Å²) in [6.45, 7) is 10.5. The monoisotopic (exact) mass is 201 g/mol. The molecule has 0 saturated heterocycles. The maximum absolute atomic E-state index is 11.4. The Morgan fingerprint density at radius 3 is 2.21 bits per heavy atom. The Bertz CT molecular complexity index is 182. The average molecular weight is 201 g/mol. The van der Waals surface area contributed by atoms with E-state index >= 15 is 0 Å². The van der Waals surface area contributed by atoms with Crippen LogP contribution in [0.3, 0.4) is 0 Å². The standard InChI is InChI=1S/C11H23NO2/c1-8(9(2)12)10(13)14-7-6-11(3,4)5/h8-9H,6-7,12H2,1-5H3. The molecule has 14 heavy (non-hydrogen) atoms. The Labute approximate surface area is 87.0 Å². The Balaban J connectivity index is 3.75. The van der Waals surface area contributed by atoms with Crippen LogP contribution in [0.2, 0.25) is 0 Å². The van der Waals surface area contributed by atoms with E-state index in [1.807, 2.05) is 6.92 Å². The third kappa shape index (κ3) is 5.97. The zero-order valence-corrected chi connectivity index (χ0v) is 9.96. The summed E-state index contributed by atoms with van der Waals surface area (Å²) in [4.78, 5) is 11.4. The molecule has 84 valence electrons. The molecule has 3 nitrogen and oxygen atoms in total. The van der Waals surface area contributed by atoms with Gasteiger partial charge in [0.2, 0.25) is 0 Å². The Hall–Kier alpha value is -0.570. The maximum Gasteiger partial charge on any atom is 0.310 e. The highest BCUT2D eigenvalue weighted by atomic mass is 16.5. The van der Waals surface area contributed by atoms with Gasteiger partial charge in [0.05, 0.1) is 12.5 Å². The van der Waals surface area contributed by atoms with E-state index in [2.05, 4.69) is 20.8 Å². The van der Waals surface area contributed by atoms with Gasteiger partial charge in [0.15, 0.2) is 0 Å². The van der Waals surface area contributed by atoms with Crippen molar-refractivity contribution in [3.05, 3.63) is 0 Å². The van der Waals surface area contributed by atoms with Gasteiger partial charge in [0.1, 0.15) is 0 Å². The molecule has 0 bridgehead atoms. The van der Waals surface area contributed by atoms with Gasteiger partial charge in [-0.05, 0) is 18.8 Å². The lowest BCUT2D eigenvalue weighted by Gasteiger charge is -2.19. The van der Waals surface area contributed by atoms with Crippen molar-refractivity contribution in [1.29, 1.82) is 0 Å². The van der Waals surface area contributed by atoms with Gasteiger partial charge in [0, 0.05) is 6.04 Å². The van der Waals surface area contributed by atoms with E-state index in [0.29, 0.717) is 6.61 Å². The van der Waals surface area contributed by atoms with Crippen molar-refractivity contribution >= 4 is 5.97 Å². The Morgan fingerprint density at radius 1 is 1.36 bits per heavy atom. The Kier molecular flexibility index (Phi) is 5.13. The van der Waals surface area contributed by atoms with E-state index in [4.69, 9.17) is 10.5 Å². The number of nitrogens with two attached hydrogens (primary N) is 1. The summed E-state index contributed by atoms with van der Waals surface area (Å²) in [7, 11) is 0. The smallest absolute Gasteiger partial charge is 0.310 e. The third-order valence-corrected chi connectivity index (χ3v) is 2.26. The van der Waals surface area contributed by atoms with E-state index in [-0.39, 0.29) is 23.3 Å². The minimum absolute atomic E-state index is 0.142. The summed E-state index contributed by atoms with van der Waals surface area (Å²) < 4.78 is 5.12. The average Bonchev–Trinajstić information content (AvgIpc) is 2.00. The topological polar surface area (TPSA) is 52.3 Å². The molecule has 0 spiro atoms. The van der Waals surface area contributed by atoms with Crippen molar-refractivity contribution < 1.29 is 9.53 Å². The fourth-order valence-electron chi connectivity index (χ4n) is 0.804. The molecule has 0 aliphatic heterocycles. The number of hydrogen-bond donors (Lipinski definition) is 1. The molecule has 0 aromatic heterocycles. The number of esters is 1.